The maximum Gasteiger partial charge on any atom is 0.294 e. The minimum Gasteiger partial charge on any atom is -0.282 e. The van der Waals surface area contributed by atoms with Crippen LogP contribution in [0.1, 0.15) is 141 Å². The first kappa shape index (κ1) is 29.2. The molecule has 4 heteroatoms. The third kappa shape index (κ3) is 13.6. The third-order valence-electron chi connectivity index (χ3n) is 6.59. The van der Waals surface area contributed by atoms with Crippen molar-refractivity contribution in [2.75, 3.05) is 0 Å². The summed E-state index contributed by atoms with van der Waals surface area (Å²) >= 11 is 0. The van der Waals surface area contributed by atoms with Crippen molar-refractivity contribution < 1.29 is 13.0 Å². The molecule has 0 fully saturated rings. The standard InChI is InChI=1S/C28H50O3S/c1-3-5-7-9-11-13-14-15-17-19-22-26-23-21-25-28(32(29,30)31)27(26)24-20-18-16-12-10-8-6-4-2/h21,23,25H,3-20,22,24H2,1-2H3,(H,29,30,31). The van der Waals surface area contributed by atoms with Crippen LogP contribution < -0.4 is 0 Å². The van der Waals surface area contributed by atoms with Crippen molar-refractivity contribution in [2.45, 2.75) is 147 Å². The number of hydrogen-bond acceptors (Lipinski definition) is 2. The van der Waals surface area contributed by atoms with Crippen molar-refractivity contribution in [3.63, 3.8) is 0 Å². The van der Waals surface area contributed by atoms with Crippen LogP contribution in [-0.4, -0.2) is 13.0 Å². The van der Waals surface area contributed by atoms with Crippen LogP contribution in [0, 0.1) is 0 Å². The van der Waals surface area contributed by atoms with Gasteiger partial charge in [0.2, 0.25) is 0 Å². The fraction of sp³-hybridized carbons (Fsp3) is 0.786. The molecule has 1 aromatic carbocycles. The summed E-state index contributed by atoms with van der Waals surface area (Å²) < 4.78 is 33.6. The fourth-order valence-corrected chi connectivity index (χ4v) is 5.40. The van der Waals surface area contributed by atoms with Crippen molar-refractivity contribution in [3.8, 4) is 0 Å². The van der Waals surface area contributed by atoms with Gasteiger partial charge < -0.3 is 0 Å². The summed E-state index contributed by atoms with van der Waals surface area (Å²) in [5.41, 5.74) is 1.97. The van der Waals surface area contributed by atoms with Gasteiger partial charge >= 0.3 is 0 Å². The summed E-state index contributed by atoms with van der Waals surface area (Å²) in [5.74, 6) is 0. The lowest BCUT2D eigenvalue weighted by Crippen LogP contribution is -2.07. The number of aryl methyl sites for hydroxylation is 1. The average molecular weight is 467 g/mol. The highest BCUT2D eigenvalue weighted by Gasteiger charge is 2.17. The molecule has 0 saturated heterocycles. The van der Waals surface area contributed by atoms with Gasteiger partial charge in [-0.1, -0.05) is 129 Å². The first-order valence-electron chi connectivity index (χ1n) is 13.6. The summed E-state index contributed by atoms with van der Waals surface area (Å²) in [7, 11) is -4.17. The molecule has 0 saturated carbocycles. The van der Waals surface area contributed by atoms with E-state index >= 15 is 0 Å². The predicted molar refractivity (Wildman–Crippen MR) is 138 cm³/mol. The molecule has 0 amide bonds. The Morgan fingerprint density at radius 1 is 0.594 bits per heavy atom. The van der Waals surface area contributed by atoms with Crippen molar-refractivity contribution in [1.29, 1.82) is 0 Å². The monoisotopic (exact) mass is 466 g/mol. The van der Waals surface area contributed by atoms with Crippen molar-refractivity contribution >= 4 is 10.1 Å². The van der Waals surface area contributed by atoms with Gasteiger partial charge in [0.05, 0.1) is 4.90 Å². The highest BCUT2D eigenvalue weighted by atomic mass is 32.2. The third-order valence-corrected chi connectivity index (χ3v) is 7.53. The van der Waals surface area contributed by atoms with Gasteiger partial charge in [0.25, 0.3) is 10.1 Å². The molecule has 0 heterocycles. The topological polar surface area (TPSA) is 54.4 Å². The van der Waals surface area contributed by atoms with E-state index in [4.69, 9.17) is 0 Å². The molecule has 1 aromatic rings. The van der Waals surface area contributed by atoms with E-state index in [9.17, 15) is 13.0 Å². The molecule has 3 nitrogen and oxygen atoms in total. The van der Waals surface area contributed by atoms with E-state index in [0.29, 0.717) is 0 Å². The zero-order valence-electron chi connectivity index (χ0n) is 21.0. The Balaban J connectivity index is 2.42. The molecule has 0 spiro atoms. The maximum atomic E-state index is 11.9. The first-order valence-corrected chi connectivity index (χ1v) is 15.0. The summed E-state index contributed by atoms with van der Waals surface area (Å²) in [6, 6.07) is 5.41. The second kappa shape index (κ2) is 18.5. The van der Waals surface area contributed by atoms with Crippen LogP contribution in [0.2, 0.25) is 0 Å². The molecule has 1 N–H and O–H groups in total. The number of unbranched alkanes of at least 4 members (excludes halogenated alkanes) is 16. The van der Waals surface area contributed by atoms with Crippen LogP contribution >= 0.6 is 0 Å². The molecular formula is C28H50O3S. The van der Waals surface area contributed by atoms with E-state index < -0.39 is 10.1 Å². The average Bonchev–Trinajstić information content (AvgIpc) is 2.76. The van der Waals surface area contributed by atoms with Crippen LogP contribution in [0.25, 0.3) is 0 Å². The van der Waals surface area contributed by atoms with E-state index in [-0.39, 0.29) is 4.90 Å². The smallest absolute Gasteiger partial charge is 0.282 e. The van der Waals surface area contributed by atoms with Gasteiger partial charge in [-0.3, -0.25) is 4.55 Å². The molecule has 0 bridgehead atoms. The molecule has 186 valence electrons. The van der Waals surface area contributed by atoms with E-state index in [1.54, 1.807) is 12.1 Å². The van der Waals surface area contributed by atoms with Gasteiger partial charge in [0, 0.05) is 0 Å². The van der Waals surface area contributed by atoms with Crippen molar-refractivity contribution in [3.05, 3.63) is 29.3 Å². The fourth-order valence-electron chi connectivity index (χ4n) is 4.61. The van der Waals surface area contributed by atoms with Crippen LogP contribution in [0.4, 0.5) is 0 Å². The predicted octanol–water partition coefficient (Wildman–Crippen LogP) is 9.08. The lowest BCUT2D eigenvalue weighted by atomic mass is 9.96. The van der Waals surface area contributed by atoms with Gasteiger partial charge in [-0.2, -0.15) is 8.42 Å². The molecule has 1 rings (SSSR count). The van der Waals surface area contributed by atoms with E-state index in [2.05, 4.69) is 19.9 Å². The van der Waals surface area contributed by atoms with Gasteiger partial charge in [0.1, 0.15) is 0 Å². The van der Waals surface area contributed by atoms with Crippen LogP contribution in [0.5, 0.6) is 0 Å². The van der Waals surface area contributed by atoms with Gasteiger partial charge in [-0.15, -0.1) is 0 Å². The molecule has 0 aliphatic heterocycles. The molecule has 0 unspecified atom stereocenters. The van der Waals surface area contributed by atoms with Crippen LogP contribution in [-0.2, 0) is 23.0 Å². The Kier molecular flexibility index (Phi) is 16.9. The van der Waals surface area contributed by atoms with Crippen LogP contribution in [0.15, 0.2) is 23.1 Å². The minimum atomic E-state index is -4.17. The zero-order valence-corrected chi connectivity index (χ0v) is 21.9. The Bertz CT molecular complexity index is 682. The highest BCUT2D eigenvalue weighted by molar-refractivity contribution is 7.85. The molecule has 0 radical (unpaired) electrons. The Morgan fingerprint density at radius 3 is 1.44 bits per heavy atom. The molecule has 0 aromatic heterocycles. The number of hydrogen-bond donors (Lipinski definition) is 1. The summed E-state index contributed by atoms with van der Waals surface area (Å²) in [6.45, 7) is 4.49. The normalized spacial score (nSPS) is 11.8. The number of rotatable bonds is 21. The molecular weight excluding hydrogens is 416 g/mol. The maximum absolute atomic E-state index is 11.9. The minimum absolute atomic E-state index is 0.130. The second-order valence-electron chi connectivity index (χ2n) is 9.53. The van der Waals surface area contributed by atoms with Crippen molar-refractivity contribution in [1.82, 2.24) is 0 Å². The molecule has 32 heavy (non-hydrogen) atoms. The number of benzene rings is 1. The van der Waals surface area contributed by atoms with E-state index in [1.807, 2.05) is 0 Å². The Morgan fingerprint density at radius 2 is 1.00 bits per heavy atom. The zero-order chi connectivity index (χ0) is 23.5. The van der Waals surface area contributed by atoms with Crippen molar-refractivity contribution in [2.24, 2.45) is 0 Å². The van der Waals surface area contributed by atoms with Gasteiger partial charge in [-0.05, 0) is 42.9 Å². The Labute approximate surface area is 199 Å². The van der Waals surface area contributed by atoms with Gasteiger partial charge in [0.15, 0.2) is 0 Å². The van der Waals surface area contributed by atoms with Gasteiger partial charge in [-0.25, -0.2) is 0 Å². The summed E-state index contributed by atoms with van der Waals surface area (Å²) in [5, 5.41) is 0. The quantitative estimate of drug-likeness (QED) is 0.145. The van der Waals surface area contributed by atoms with Crippen LogP contribution in [0.3, 0.4) is 0 Å². The lowest BCUT2D eigenvalue weighted by molar-refractivity contribution is 0.481. The highest BCUT2D eigenvalue weighted by Crippen LogP contribution is 2.24. The molecule has 0 aliphatic carbocycles. The first-order chi connectivity index (χ1) is 15.5. The molecule has 0 aliphatic rings. The second-order valence-corrected chi connectivity index (χ2v) is 10.9. The SMILES string of the molecule is CCCCCCCCCCCCc1cccc(S(=O)(=O)O)c1CCCCCCCCCC. The largest absolute Gasteiger partial charge is 0.294 e. The lowest BCUT2D eigenvalue weighted by Gasteiger charge is -2.14. The molecule has 0 atom stereocenters. The summed E-state index contributed by atoms with van der Waals surface area (Å²) in [6.07, 6.45) is 24.5. The summed E-state index contributed by atoms with van der Waals surface area (Å²) in [4.78, 5) is 0.130. The van der Waals surface area contributed by atoms with E-state index in [0.717, 1.165) is 43.2 Å². The Hall–Kier alpha value is -0.870. The van der Waals surface area contributed by atoms with E-state index in [1.165, 1.54) is 96.3 Å².